The second kappa shape index (κ2) is 4.60. The SMILES string of the molecule is CC(C)n1ncc(Br)c1C(=O)C1Cc2ccccc21. The van der Waals surface area contributed by atoms with Gasteiger partial charge in [-0.05, 0) is 47.3 Å². The number of fused-ring (bicyclic) bond motifs is 1. The second-order valence-electron chi connectivity index (χ2n) is 5.20. The fourth-order valence-corrected chi connectivity index (χ4v) is 3.09. The van der Waals surface area contributed by atoms with Crippen molar-refractivity contribution in [2.24, 2.45) is 0 Å². The number of ketones is 1. The summed E-state index contributed by atoms with van der Waals surface area (Å²) >= 11 is 3.44. The first-order valence-corrected chi connectivity index (χ1v) is 7.24. The summed E-state index contributed by atoms with van der Waals surface area (Å²) in [6, 6.07) is 8.33. The van der Waals surface area contributed by atoms with Gasteiger partial charge in [-0.1, -0.05) is 24.3 Å². The molecule has 0 amide bonds. The van der Waals surface area contributed by atoms with Crippen LogP contribution in [-0.4, -0.2) is 15.6 Å². The van der Waals surface area contributed by atoms with E-state index in [-0.39, 0.29) is 17.7 Å². The van der Waals surface area contributed by atoms with Crippen LogP contribution in [0.4, 0.5) is 0 Å². The van der Waals surface area contributed by atoms with Gasteiger partial charge in [0.1, 0.15) is 5.69 Å². The maximum absolute atomic E-state index is 12.7. The maximum Gasteiger partial charge on any atom is 0.189 e. The molecule has 1 heterocycles. The van der Waals surface area contributed by atoms with Gasteiger partial charge in [0.2, 0.25) is 0 Å². The van der Waals surface area contributed by atoms with Crippen molar-refractivity contribution in [2.75, 3.05) is 0 Å². The Kier molecular flexibility index (Phi) is 3.05. The van der Waals surface area contributed by atoms with Gasteiger partial charge in [0.25, 0.3) is 0 Å². The van der Waals surface area contributed by atoms with Gasteiger partial charge in [-0.25, -0.2) is 0 Å². The van der Waals surface area contributed by atoms with E-state index in [1.54, 1.807) is 10.9 Å². The summed E-state index contributed by atoms with van der Waals surface area (Å²) in [5.41, 5.74) is 3.14. The molecule has 1 aliphatic carbocycles. The molecular formula is C15H15BrN2O. The minimum atomic E-state index is -0.0123. The Labute approximate surface area is 120 Å². The van der Waals surface area contributed by atoms with Gasteiger partial charge in [-0.15, -0.1) is 0 Å². The van der Waals surface area contributed by atoms with Crippen molar-refractivity contribution >= 4 is 21.7 Å². The van der Waals surface area contributed by atoms with Crippen LogP contribution in [0, 0.1) is 0 Å². The number of rotatable bonds is 3. The topological polar surface area (TPSA) is 34.9 Å². The van der Waals surface area contributed by atoms with E-state index in [2.05, 4.69) is 27.1 Å². The molecule has 1 unspecified atom stereocenters. The van der Waals surface area contributed by atoms with Crippen LogP contribution in [0.5, 0.6) is 0 Å². The first-order chi connectivity index (χ1) is 9.09. The molecule has 1 atom stereocenters. The molecule has 1 aromatic carbocycles. The summed E-state index contributed by atoms with van der Waals surface area (Å²) in [4.78, 5) is 12.7. The van der Waals surface area contributed by atoms with Crippen LogP contribution >= 0.6 is 15.9 Å². The molecule has 0 aliphatic heterocycles. The molecule has 0 N–H and O–H groups in total. The predicted octanol–water partition coefficient (Wildman–Crippen LogP) is 3.75. The quantitative estimate of drug-likeness (QED) is 0.808. The lowest BCUT2D eigenvalue weighted by atomic mass is 9.74. The fourth-order valence-electron chi connectivity index (χ4n) is 2.62. The summed E-state index contributed by atoms with van der Waals surface area (Å²) in [6.07, 6.45) is 2.54. The van der Waals surface area contributed by atoms with Gasteiger partial charge in [-0.2, -0.15) is 5.10 Å². The summed E-state index contributed by atoms with van der Waals surface area (Å²) in [6.45, 7) is 4.07. The fraction of sp³-hybridized carbons (Fsp3) is 0.333. The molecule has 1 aliphatic rings. The minimum Gasteiger partial charge on any atom is -0.292 e. The molecule has 0 spiro atoms. The monoisotopic (exact) mass is 318 g/mol. The van der Waals surface area contributed by atoms with E-state index in [1.165, 1.54) is 5.56 Å². The third-order valence-electron chi connectivity index (χ3n) is 3.64. The average molecular weight is 319 g/mol. The minimum absolute atomic E-state index is 0.0123. The molecule has 3 nitrogen and oxygen atoms in total. The van der Waals surface area contributed by atoms with E-state index in [4.69, 9.17) is 0 Å². The summed E-state index contributed by atoms with van der Waals surface area (Å²) < 4.78 is 2.59. The highest BCUT2D eigenvalue weighted by Gasteiger charge is 2.35. The first kappa shape index (κ1) is 12.6. The molecule has 0 fully saturated rings. The van der Waals surface area contributed by atoms with Gasteiger partial charge in [0.15, 0.2) is 5.78 Å². The molecule has 0 saturated carbocycles. The number of carbonyl (C=O) groups excluding carboxylic acids is 1. The summed E-state index contributed by atoms with van der Waals surface area (Å²) in [7, 11) is 0. The zero-order valence-electron chi connectivity index (χ0n) is 10.9. The molecule has 98 valence electrons. The van der Waals surface area contributed by atoms with Gasteiger partial charge in [-0.3, -0.25) is 9.48 Å². The van der Waals surface area contributed by atoms with Crippen LogP contribution in [0.3, 0.4) is 0 Å². The van der Waals surface area contributed by atoms with Gasteiger partial charge in [0, 0.05) is 6.04 Å². The largest absolute Gasteiger partial charge is 0.292 e. The van der Waals surface area contributed by atoms with Crippen LogP contribution in [0.1, 0.15) is 47.4 Å². The molecule has 4 heteroatoms. The number of Topliss-reactive ketones (excluding diaryl/α,β-unsaturated/α-hetero) is 1. The number of nitrogens with zero attached hydrogens (tertiary/aromatic N) is 2. The normalized spacial score (nSPS) is 17.2. The number of benzene rings is 1. The van der Waals surface area contributed by atoms with E-state index in [9.17, 15) is 4.79 Å². The highest BCUT2D eigenvalue weighted by atomic mass is 79.9. The maximum atomic E-state index is 12.7. The number of hydrogen-bond acceptors (Lipinski definition) is 2. The first-order valence-electron chi connectivity index (χ1n) is 6.44. The van der Waals surface area contributed by atoms with Crippen molar-refractivity contribution in [1.82, 2.24) is 9.78 Å². The molecule has 19 heavy (non-hydrogen) atoms. The Morgan fingerprint density at radius 3 is 2.84 bits per heavy atom. The molecule has 0 bridgehead atoms. The smallest absolute Gasteiger partial charge is 0.189 e. The van der Waals surface area contributed by atoms with Gasteiger partial charge in [0.05, 0.1) is 16.6 Å². The van der Waals surface area contributed by atoms with Crippen molar-refractivity contribution in [3.05, 3.63) is 51.8 Å². The standard InChI is InChI=1S/C15H15BrN2O/c1-9(2)18-14(13(16)8-17-18)15(19)12-7-10-5-3-4-6-11(10)12/h3-6,8-9,12H,7H2,1-2H3. The molecule has 0 radical (unpaired) electrons. The number of halogens is 1. The Bertz CT molecular complexity index is 645. The predicted molar refractivity (Wildman–Crippen MR) is 77.5 cm³/mol. The van der Waals surface area contributed by atoms with Crippen molar-refractivity contribution in [3.63, 3.8) is 0 Å². The van der Waals surface area contributed by atoms with Crippen LogP contribution in [0.25, 0.3) is 0 Å². The zero-order valence-corrected chi connectivity index (χ0v) is 12.5. The average Bonchev–Trinajstić information content (AvgIpc) is 2.72. The molecule has 1 aromatic heterocycles. The Morgan fingerprint density at radius 2 is 2.16 bits per heavy atom. The number of aromatic nitrogens is 2. The Hall–Kier alpha value is -1.42. The highest BCUT2D eigenvalue weighted by Crippen LogP contribution is 2.38. The van der Waals surface area contributed by atoms with Crippen molar-refractivity contribution in [3.8, 4) is 0 Å². The van der Waals surface area contributed by atoms with E-state index >= 15 is 0 Å². The van der Waals surface area contributed by atoms with Crippen LogP contribution in [-0.2, 0) is 6.42 Å². The van der Waals surface area contributed by atoms with Crippen molar-refractivity contribution < 1.29 is 4.79 Å². The highest BCUT2D eigenvalue weighted by molar-refractivity contribution is 9.10. The van der Waals surface area contributed by atoms with Crippen LogP contribution in [0.15, 0.2) is 34.9 Å². The third-order valence-corrected chi connectivity index (χ3v) is 4.22. The lowest BCUT2D eigenvalue weighted by Crippen LogP contribution is -2.27. The zero-order chi connectivity index (χ0) is 13.6. The molecular weight excluding hydrogens is 304 g/mol. The van der Waals surface area contributed by atoms with Crippen LogP contribution < -0.4 is 0 Å². The van der Waals surface area contributed by atoms with E-state index in [0.717, 1.165) is 16.5 Å². The molecule has 2 aromatic rings. The lowest BCUT2D eigenvalue weighted by Gasteiger charge is -2.29. The third kappa shape index (κ3) is 1.94. The van der Waals surface area contributed by atoms with Gasteiger partial charge < -0.3 is 0 Å². The van der Waals surface area contributed by atoms with E-state index in [1.807, 2.05) is 32.0 Å². The second-order valence-corrected chi connectivity index (χ2v) is 6.05. The number of hydrogen-bond donors (Lipinski definition) is 0. The lowest BCUT2D eigenvalue weighted by molar-refractivity contribution is 0.0935. The number of carbonyl (C=O) groups is 1. The van der Waals surface area contributed by atoms with E-state index in [0.29, 0.717) is 5.69 Å². The summed E-state index contributed by atoms with van der Waals surface area (Å²) in [5, 5.41) is 4.28. The Balaban J connectivity index is 1.97. The van der Waals surface area contributed by atoms with Crippen molar-refractivity contribution in [2.45, 2.75) is 32.2 Å². The van der Waals surface area contributed by atoms with E-state index < -0.39 is 0 Å². The van der Waals surface area contributed by atoms with Crippen LogP contribution in [0.2, 0.25) is 0 Å². The van der Waals surface area contributed by atoms with Gasteiger partial charge >= 0.3 is 0 Å². The van der Waals surface area contributed by atoms with Crippen molar-refractivity contribution in [1.29, 1.82) is 0 Å². The molecule has 0 saturated heterocycles. The summed E-state index contributed by atoms with van der Waals surface area (Å²) in [5.74, 6) is 0.151. The Morgan fingerprint density at radius 1 is 1.42 bits per heavy atom. The molecule has 3 rings (SSSR count).